The van der Waals surface area contributed by atoms with Crippen LogP contribution in [0.3, 0.4) is 0 Å². The second-order valence-corrected chi connectivity index (χ2v) is 7.05. The van der Waals surface area contributed by atoms with Crippen LogP contribution in [-0.4, -0.2) is 53.4 Å². The van der Waals surface area contributed by atoms with Crippen LogP contribution in [0, 0.1) is 0 Å². The molecule has 26 heavy (non-hydrogen) atoms. The molecule has 0 aromatic carbocycles. The number of hydrogen-bond acceptors (Lipinski definition) is 7. The Kier molecular flexibility index (Phi) is 4.74. The van der Waals surface area contributed by atoms with Crippen molar-refractivity contribution >= 4 is 11.8 Å². The maximum absolute atomic E-state index is 11.0. The normalized spacial score (nSPS) is 22.4. The number of piperidine rings is 1. The summed E-state index contributed by atoms with van der Waals surface area (Å²) in [4.78, 5) is 15.6. The van der Waals surface area contributed by atoms with Crippen molar-refractivity contribution in [1.29, 1.82) is 0 Å². The van der Waals surface area contributed by atoms with Gasteiger partial charge in [-0.1, -0.05) is 6.07 Å². The Morgan fingerprint density at radius 3 is 2.81 bits per heavy atom. The van der Waals surface area contributed by atoms with E-state index in [9.17, 15) is 5.11 Å². The Bertz CT molecular complexity index is 741. The van der Waals surface area contributed by atoms with E-state index in [0.29, 0.717) is 24.7 Å². The molecule has 0 aliphatic carbocycles. The number of rotatable bonds is 4. The fourth-order valence-corrected chi connectivity index (χ4v) is 3.74. The highest BCUT2D eigenvalue weighted by atomic mass is 16.5. The smallest absolute Gasteiger partial charge is 0.224 e. The third-order valence-corrected chi connectivity index (χ3v) is 5.42. The number of nitrogens with zero attached hydrogens (tertiary/aromatic N) is 4. The average molecular weight is 355 g/mol. The van der Waals surface area contributed by atoms with E-state index in [-0.39, 0.29) is 0 Å². The Balaban J connectivity index is 1.53. The van der Waals surface area contributed by atoms with Crippen molar-refractivity contribution in [2.45, 2.75) is 30.8 Å². The predicted octanol–water partition coefficient (Wildman–Crippen LogP) is 1.91. The molecule has 0 radical (unpaired) electrons. The van der Waals surface area contributed by atoms with Crippen LogP contribution in [0.25, 0.3) is 0 Å². The second-order valence-electron chi connectivity index (χ2n) is 7.05. The summed E-state index contributed by atoms with van der Waals surface area (Å²) < 4.78 is 5.51. The zero-order chi connectivity index (χ0) is 18.0. The van der Waals surface area contributed by atoms with Gasteiger partial charge in [-0.25, -0.2) is 4.98 Å². The van der Waals surface area contributed by atoms with Crippen LogP contribution in [0.15, 0.2) is 30.6 Å². The molecule has 0 spiro atoms. The molecule has 7 heteroatoms. The molecule has 138 valence electrons. The third-order valence-electron chi connectivity index (χ3n) is 5.42. The highest BCUT2D eigenvalue weighted by molar-refractivity contribution is 5.46. The summed E-state index contributed by atoms with van der Waals surface area (Å²) >= 11 is 0. The van der Waals surface area contributed by atoms with Gasteiger partial charge in [0, 0.05) is 56.7 Å². The topological polar surface area (TPSA) is 83.4 Å². The first-order valence-electron chi connectivity index (χ1n) is 9.20. The SMILES string of the molecule is CNc1nc([C@@H]2CCOC2)cc(N2CCC(O)(c3cccnc3)CC2)n1. The van der Waals surface area contributed by atoms with Crippen LogP contribution < -0.4 is 10.2 Å². The summed E-state index contributed by atoms with van der Waals surface area (Å²) in [5, 5.41) is 14.1. The number of aromatic nitrogens is 3. The van der Waals surface area contributed by atoms with Crippen LogP contribution in [0.1, 0.15) is 36.4 Å². The van der Waals surface area contributed by atoms with Gasteiger partial charge in [0.25, 0.3) is 0 Å². The van der Waals surface area contributed by atoms with E-state index in [1.54, 1.807) is 12.4 Å². The lowest BCUT2D eigenvalue weighted by molar-refractivity contribution is 0.0113. The zero-order valence-corrected chi connectivity index (χ0v) is 15.1. The molecule has 4 rings (SSSR count). The molecule has 2 fully saturated rings. The van der Waals surface area contributed by atoms with Crippen molar-refractivity contribution in [3.8, 4) is 0 Å². The second kappa shape index (κ2) is 7.17. The average Bonchev–Trinajstić information content (AvgIpc) is 3.24. The minimum Gasteiger partial charge on any atom is -0.385 e. The number of anilines is 2. The van der Waals surface area contributed by atoms with E-state index in [1.165, 1.54) is 0 Å². The van der Waals surface area contributed by atoms with Crippen molar-refractivity contribution in [1.82, 2.24) is 15.0 Å². The lowest BCUT2D eigenvalue weighted by atomic mass is 9.85. The van der Waals surface area contributed by atoms with Gasteiger partial charge in [-0.3, -0.25) is 4.98 Å². The molecule has 1 atom stereocenters. The summed E-state index contributed by atoms with van der Waals surface area (Å²) in [6.45, 7) is 3.00. The molecule has 2 aromatic heterocycles. The van der Waals surface area contributed by atoms with Crippen molar-refractivity contribution in [3.05, 3.63) is 41.9 Å². The highest BCUT2D eigenvalue weighted by Crippen LogP contribution is 2.34. The van der Waals surface area contributed by atoms with Crippen molar-refractivity contribution in [2.24, 2.45) is 0 Å². The summed E-state index contributed by atoms with van der Waals surface area (Å²) in [5.41, 5.74) is 1.11. The van der Waals surface area contributed by atoms with Crippen LogP contribution in [0.2, 0.25) is 0 Å². The molecule has 2 N–H and O–H groups in total. The number of ether oxygens (including phenoxy) is 1. The van der Waals surface area contributed by atoms with Gasteiger partial charge in [0.1, 0.15) is 5.82 Å². The van der Waals surface area contributed by atoms with Crippen molar-refractivity contribution in [3.63, 3.8) is 0 Å². The predicted molar refractivity (Wildman–Crippen MR) is 99.3 cm³/mol. The number of hydrogen-bond donors (Lipinski definition) is 2. The first-order chi connectivity index (χ1) is 12.7. The fourth-order valence-electron chi connectivity index (χ4n) is 3.74. The molecule has 2 aliphatic rings. The Morgan fingerprint density at radius 2 is 2.15 bits per heavy atom. The molecular weight excluding hydrogens is 330 g/mol. The van der Waals surface area contributed by atoms with Gasteiger partial charge < -0.3 is 20.1 Å². The highest BCUT2D eigenvalue weighted by Gasteiger charge is 2.35. The molecule has 2 saturated heterocycles. The molecule has 4 heterocycles. The maximum Gasteiger partial charge on any atom is 0.224 e. The molecular formula is C19H25N5O2. The number of nitrogens with one attached hydrogen (secondary N) is 1. The summed E-state index contributed by atoms with van der Waals surface area (Å²) in [7, 11) is 1.84. The molecule has 0 unspecified atom stereocenters. The molecule has 2 aromatic rings. The third kappa shape index (κ3) is 3.37. The first-order valence-corrected chi connectivity index (χ1v) is 9.20. The van der Waals surface area contributed by atoms with Crippen LogP contribution in [0.5, 0.6) is 0 Å². The van der Waals surface area contributed by atoms with E-state index >= 15 is 0 Å². The fraction of sp³-hybridized carbons (Fsp3) is 0.526. The van der Waals surface area contributed by atoms with Gasteiger partial charge in [0.05, 0.1) is 17.9 Å². The van der Waals surface area contributed by atoms with Gasteiger partial charge in [-0.2, -0.15) is 4.98 Å². The zero-order valence-electron chi connectivity index (χ0n) is 15.1. The van der Waals surface area contributed by atoms with Gasteiger partial charge in [0.15, 0.2) is 0 Å². The van der Waals surface area contributed by atoms with Crippen molar-refractivity contribution < 1.29 is 9.84 Å². The quantitative estimate of drug-likeness (QED) is 0.867. The molecule has 2 aliphatic heterocycles. The Labute approximate surface area is 153 Å². The summed E-state index contributed by atoms with van der Waals surface area (Å²) in [6.07, 6.45) is 5.80. The Hall–Kier alpha value is -2.25. The molecule has 0 bridgehead atoms. The van der Waals surface area contributed by atoms with Gasteiger partial charge in [-0.15, -0.1) is 0 Å². The largest absolute Gasteiger partial charge is 0.385 e. The van der Waals surface area contributed by atoms with Gasteiger partial charge >= 0.3 is 0 Å². The molecule has 0 saturated carbocycles. The van der Waals surface area contributed by atoms with E-state index in [1.807, 2.05) is 19.2 Å². The lowest BCUT2D eigenvalue weighted by Crippen LogP contribution is -2.43. The van der Waals surface area contributed by atoms with Crippen molar-refractivity contribution in [2.75, 3.05) is 43.6 Å². The molecule has 7 nitrogen and oxygen atoms in total. The summed E-state index contributed by atoms with van der Waals surface area (Å²) in [6, 6.07) is 5.90. The maximum atomic E-state index is 11.0. The number of aliphatic hydroxyl groups is 1. The van der Waals surface area contributed by atoms with E-state index in [4.69, 9.17) is 4.74 Å². The lowest BCUT2D eigenvalue weighted by Gasteiger charge is -2.39. The molecule has 0 amide bonds. The standard InChI is InChI=1S/C19H25N5O2/c1-20-18-22-16(14-4-10-26-13-14)11-17(23-18)24-8-5-19(25,6-9-24)15-3-2-7-21-12-15/h2-3,7,11-12,14,25H,4-6,8-10,13H2,1H3,(H,20,22,23)/t14-/m1/s1. The van der Waals surface area contributed by atoms with E-state index in [0.717, 1.165) is 49.8 Å². The van der Waals surface area contributed by atoms with E-state index < -0.39 is 5.60 Å². The van der Waals surface area contributed by atoms with Crippen LogP contribution in [0.4, 0.5) is 11.8 Å². The van der Waals surface area contributed by atoms with E-state index in [2.05, 4.69) is 31.2 Å². The van der Waals surface area contributed by atoms with Crippen LogP contribution in [-0.2, 0) is 10.3 Å². The minimum atomic E-state index is -0.814. The summed E-state index contributed by atoms with van der Waals surface area (Å²) in [5.74, 6) is 1.89. The Morgan fingerprint density at radius 1 is 1.31 bits per heavy atom. The monoisotopic (exact) mass is 355 g/mol. The van der Waals surface area contributed by atoms with Crippen LogP contribution >= 0.6 is 0 Å². The van der Waals surface area contributed by atoms with Gasteiger partial charge in [0.2, 0.25) is 5.95 Å². The first kappa shape index (κ1) is 17.2. The van der Waals surface area contributed by atoms with Gasteiger partial charge in [-0.05, 0) is 25.3 Å². The number of pyridine rings is 1. The minimum absolute atomic E-state index is 0.334.